The second kappa shape index (κ2) is 8.01. The van der Waals surface area contributed by atoms with Gasteiger partial charge in [0.2, 0.25) is 5.95 Å². The molecule has 1 fully saturated rings. The molecule has 7 nitrogen and oxygen atoms in total. The Kier molecular flexibility index (Phi) is 6.88. The van der Waals surface area contributed by atoms with Gasteiger partial charge in [-0.15, -0.1) is 24.8 Å². The number of nitrogens with zero attached hydrogens (tertiary/aromatic N) is 4. The molecule has 10 heteroatoms. The number of aromatic nitrogens is 4. The molecule has 2 aromatic heterocycles. The Bertz CT molecular complexity index is 661. The molecule has 23 heavy (non-hydrogen) atoms. The van der Waals surface area contributed by atoms with Gasteiger partial charge in [0.05, 0.1) is 16.4 Å². The maximum absolute atomic E-state index is 6.23. The zero-order valence-electron chi connectivity index (χ0n) is 12.8. The van der Waals surface area contributed by atoms with Gasteiger partial charge in [-0.05, 0) is 20.4 Å². The number of aromatic amines is 1. The third-order valence-electron chi connectivity index (χ3n) is 3.77. The molecule has 3 heterocycles. The van der Waals surface area contributed by atoms with E-state index in [9.17, 15) is 0 Å². The van der Waals surface area contributed by atoms with Crippen molar-refractivity contribution in [3.8, 4) is 11.4 Å². The van der Waals surface area contributed by atoms with E-state index >= 15 is 0 Å². The standard InChI is InChI=1S/C13H18ClN7.2ClH/c1-7-11(14)12(20-19-7)9-5-10(18-13(15)17-9)21-4-3-8(6-21)16-2;;/h5,8,16H,3-4,6H2,1-2H3,(H,19,20)(H2,15,17,18);2*1H/t8-;;/m0../s1. The number of nitrogens with one attached hydrogen (secondary N) is 2. The molecule has 1 aliphatic heterocycles. The minimum absolute atomic E-state index is 0. The van der Waals surface area contributed by atoms with Gasteiger partial charge in [0, 0.05) is 25.2 Å². The Morgan fingerprint density at radius 2 is 2.13 bits per heavy atom. The van der Waals surface area contributed by atoms with Gasteiger partial charge in [-0.2, -0.15) is 10.1 Å². The van der Waals surface area contributed by atoms with E-state index in [1.54, 1.807) is 0 Å². The number of halogens is 3. The number of likely N-dealkylation sites (N-methyl/N-ethyl adjacent to an activating group) is 1. The number of H-pyrrole nitrogens is 1. The first-order chi connectivity index (χ1) is 10.1. The van der Waals surface area contributed by atoms with Crippen molar-refractivity contribution >= 4 is 48.2 Å². The van der Waals surface area contributed by atoms with Crippen molar-refractivity contribution in [1.82, 2.24) is 25.5 Å². The van der Waals surface area contributed by atoms with E-state index in [0.29, 0.717) is 22.5 Å². The summed E-state index contributed by atoms with van der Waals surface area (Å²) in [6, 6.07) is 2.36. The Balaban J connectivity index is 0.00000132. The molecule has 0 spiro atoms. The predicted octanol–water partition coefficient (Wildman–Crippen LogP) is 2.05. The summed E-state index contributed by atoms with van der Waals surface area (Å²) in [6.07, 6.45) is 1.08. The minimum atomic E-state index is 0. The van der Waals surface area contributed by atoms with Crippen LogP contribution in [0.4, 0.5) is 11.8 Å². The molecule has 0 saturated carbocycles. The molecule has 0 aromatic carbocycles. The van der Waals surface area contributed by atoms with Gasteiger partial charge in [-0.3, -0.25) is 5.10 Å². The molecule has 2 aromatic rings. The maximum Gasteiger partial charge on any atom is 0.222 e. The molecule has 1 aliphatic rings. The van der Waals surface area contributed by atoms with Gasteiger partial charge in [0.15, 0.2) is 0 Å². The average molecular weight is 381 g/mol. The predicted molar refractivity (Wildman–Crippen MR) is 97.9 cm³/mol. The van der Waals surface area contributed by atoms with Gasteiger partial charge in [-0.25, -0.2) is 4.98 Å². The van der Waals surface area contributed by atoms with Crippen LogP contribution in [0.3, 0.4) is 0 Å². The highest BCUT2D eigenvalue weighted by atomic mass is 35.5. The molecule has 4 N–H and O–H groups in total. The fraction of sp³-hybridized carbons (Fsp3) is 0.462. The summed E-state index contributed by atoms with van der Waals surface area (Å²) in [5.74, 6) is 1.04. The maximum atomic E-state index is 6.23. The highest BCUT2D eigenvalue weighted by Crippen LogP contribution is 2.29. The lowest BCUT2D eigenvalue weighted by Crippen LogP contribution is -2.30. The van der Waals surface area contributed by atoms with Crippen molar-refractivity contribution in [3.63, 3.8) is 0 Å². The van der Waals surface area contributed by atoms with Crippen LogP contribution in [-0.4, -0.2) is 46.3 Å². The first kappa shape index (κ1) is 19.8. The second-order valence-corrected chi connectivity index (χ2v) is 5.58. The van der Waals surface area contributed by atoms with Gasteiger partial charge in [0.1, 0.15) is 11.5 Å². The fourth-order valence-electron chi connectivity index (χ4n) is 2.53. The lowest BCUT2D eigenvalue weighted by molar-refractivity contribution is 0.616. The molecule has 128 valence electrons. The molecule has 0 radical (unpaired) electrons. The number of hydrogen-bond donors (Lipinski definition) is 3. The van der Waals surface area contributed by atoms with Crippen molar-refractivity contribution in [1.29, 1.82) is 0 Å². The lowest BCUT2D eigenvalue weighted by Gasteiger charge is -2.18. The molecule has 1 saturated heterocycles. The molecule has 0 amide bonds. The van der Waals surface area contributed by atoms with Crippen LogP contribution in [0.5, 0.6) is 0 Å². The first-order valence-corrected chi connectivity index (χ1v) is 7.24. The van der Waals surface area contributed by atoms with Crippen LogP contribution in [-0.2, 0) is 0 Å². The van der Waals surface area contributed by atoms with Crippen LogP contribution in [0.25, 0.3) is 11.4 Å². The molecule has 0 aliphatic carbocycles. The van der Waals surface area contributed by atoms with Gasteiger partial charge < -0.3 is 16.0 Å². The number of aryl methyl sites for hydroxylation is 1. The fourth-order valence-corrected chi connectivity index (χ4v) is 2.71. The van der Waals surface area contributed by atoms with Crippen LogP contribution in [0, 0.1) is 6.92 Å². The van der Waals surface area contributed by atoms with E-state index in [-0.39, 0.29) is 30.8 Å². The number of nitrogens with two attached hydrogens (primary N) is 1. The van der Waals surface area contributed by atoms with E-state index in [0.717, 1.165) is 31.0 Å². The molecule has 3 rings (SSSR count). The van der Waals surface area contributed by atoms with Crippen molar-refractivity contribution in [2.45, 2.75) is 19.4 Å². The quantitative estimate of drug-likeness (QED) is 0.754. The monoisotopic (exact) mass is 379 g/mol. The first-order valence-electron chi connectivity index (χ1n) is 6.86. The van der Waals surface area contributed by atoms with E-state index in [1.807, 2.05) is 20.0 Å². The van der Waals surface area contributed by atoms with Gasteiger partial charge >= 0.3 is 0 Å². The molecular weight excluding hydrogens is 361 g/mol. The van der Waals surface area contributed by atoms with E-state index in [4.69, 9.17) is 17.3 Å². The number of hydrogen-bond acceptors (Lipinski definition) is 6. The Morgan fingerprint density at radius 1 is 1.39 bits per heavy atom. The molecule has 0 unspecified atom stereocenters. The highest BCUT2D eigenvalue weighted by molar-refractivity contribution is 6.33. The van der Waals surface area contributed by atoms with Crippen LogP contribution < -0.4 is 16.0 Å². The van der Waals surface area contributed by atoms with Crippen molar-refractivity contribution in [2.24, 2.45) is 0 Å². The molecule has 1 atom stereocenters. The van der Waals surface area contributed by atoms with Crippen molar-refractivity contribution < 1.29 is 0 Å². The minimum Gasteiger partial charge on any atom is -0.368 e. The number of anilines is 2. The summed E-state index contributed by atoms with van der Waals surface area (Å²) >= 11 is 6.23. The second-order valence-electron chi connectivity index (χ2n) is 5.20. The third kappa shape index (κ3) is 3.98. The van der Waals surface area contributed by atoms with E-state index in [2.05, 4.69) is 30.4 Å². The Labute approximate surface area is 152 Å². The van der Waals surface area contributed by atoms with Crippen LogP contribution >= 0.6 is 36.4 Å². The van der Waals surface area contributed by atoms with Crippen LogP contribution in [0.15, 0.2) is 6.07 Å². The van der Waals surface area contributed by atoms with Gasteiger partial charge in [-0.1, -0.05) is 11.6 Å². The van der Waals surface area contributed by atoms with Gasteiger partial charge in [0.25, 0.3) is 0 Å². The highest BCUT2D eigenvalue weighted by Gasteiger charge is 2.23. The largest absolute Gasteiger partial charge is 0.368 e. The van der Waals surface area contributed by atoms with Crippen molar-refractivity contribution in [3.05, 3.63) is 16.8 Å². The van der Waals surface area contributed by atoms with E-state index < -0.39 is 0 Å². The summed E-state index contributed by atoms with van der Waals surface area (Å²) in [4.78, 5) is 10.8. The zero-order valence-corrected chi connectivity index (χ0v) is 15.2. The summed E-state index contributed by atoms with van der Waals surface area (Å²) in [6.45, 7) is 3.71. The number of nitrogen functional groups attached to an aromatic ring is 1. The topological polar surface area (TPSA) is 95.8 Å². The van der Waals surface area contributed by atoms with E-state index in [1.165, 1.54) is 0 Å². The lowest BCUT2D eigenvalue weighted by atomic mass is 10.2. The summed E-state index contributed by atoms with van der Waals surface area (Å²) in [5, 5.41) is 10.9. The Morgan fingerprint density at radius 3 is 2.70 bits per heavy atom. The third-order valence-corrected chi connectivity index (χ3v) is 4.23. The molecular formula is C13H20Cl3N7. The smallest absolute Gasteiger partial charge is 0.222 e. The summed E-state index contributed by atoms with van der Waals surface area (Å²) < 4.78 is 0. The summed E-state index contributed by atoms with van der Waals surface area (Å²) in [5.41, 5.74) is 7.89. The van der Waals surface area contributed by atoms with Crippen molar-refractivity contribution in [2.75, 3.05) is 30.8 Å². The average Bonchev–Trinajstić information content (AvgIpc) is 3.06. The number of rotatable bonds is 3. The zero-order chi connectivity index (χ0) is 15.0. The Hall–Kier alpha value is -1.28. The SMILES string of the molecule is CN[C@H]1CCN(c2cc(-c3n[nH]c(C)c3Cl)nc(N)n2)C1.Cl.Cl. The summed E-state index contributed by atoms with van der Waals surface area (Å²) in [7, 11) is 1.97. The molecule has 0 bridgehead atoms. The normalized spacial score (nSPS) is 16.8. The van der Waals surface area contributed by atoms with Crippen LogP contribution in [0.2, 0.25) is 5.02 Å². The van der Waals surface area contributed by atoms with Crippen LogP contribution in [0.1, 0.15) is 12.1 Å².